The van der Waals surface area contributed by atoms with Crippen LogP contribution >= 0.6 is 23.4 Å². The molecule has 1 heterocycles. The molecule has 0 aliphatic carbocycles. The van der Waals surface area contributed by atoms with Gasteiger partial charge in [-0.1, -0.05) is 23.4 Å². The summed E-state index contributed by atoms with van der Waals surface area (Å²) in [7, 11) is 1.75. The van der Waals surface area contributed by atoms with Gasteiger partial charge < -0.3 is 9.88 Å². The Morgan fingerprint density at radius 2 is 1.89 bits per heavy atom. The van der Waals surface area contributed by atoms with Gasteiger partial charge in [0.1, 0.15) is 11.6 Å². The summed E-state index contributed by atoms with van der Waals surface area (Å²) in [6, 6.07) is 9.92. The van der Waals surface area contributed by atoms with E-state index >= 15 is 0 Å². The molecule has 1 N–H and O–H groups in total. The van der Waals surface area contributed by atoms with Gasteiger partial charge in [0.15, 0.2) is 11.0 Å². The number of amides is 1. The highest BCUT2D eigenvalue weighted by atomic mass is 35.5. The number of halogens is 3. The van der Waals surface area contributed by atoms with Crippen LogP contribution in [0, 0.1) is 11.6 Å². The zero-order valence-electron chi connectivity index (χ0n) is 14.4. The number of anilines is 1. The third-order valence-electron chi connectivity index (χ3n) is 3.78. The maximum atomic E-state index is 13.8. The SMILES string of the molecule is C[C@H](Sc1nnc(-c2ccc(F)cc2)n1C)C(=O)Nc1ccc(Cl)cc1F. The Hall–Kier alpha value is -2.45. The fourth-order valence-electron chi connectivity index (χ4n) is 2.30. The summed E-state index contributed by atoms with van der Waals surface area (Å²) in [4.78, 5) is 12.3. The second kappa shape index (κ2) is 8.06. The Kier molecular flexibility index (Phi) is 5.76. The molecule has 0 radical (unpaired) electrons. The molecule has 27 heavy (non-hydrogen) atoms. The Bertz CT molecular complexity index is 978. The van der Waals surface area contributed by atoms with Crippen LogP contribution in [-0.2, 0) is 11.8 Å². The highest BCUT2D eigenvalue weighted by Crippen LogP contribution is 2.27. The second-order valence-corrected chi connectivity index (χ2v) is 7.49. The molecule has 1 aromatic heterocycles. The van der Waals surface area contributed by atoms with Crippen LogP contribution in [0.2, 0.25) is 5.02 Å². The van der Waals surface area contributed by atoms with Gasteiger partial charge >= 0.3 is 0 Å². The summed E-state index contributed by atoms with van der Waals surface area (Å²) < 4.78 is 28.6. The normalized spacial score (nSPS) is 12.0. The van der Waals surface area contributed by atoms with E-state index in [0.717, 1.165) is 6.07 Å². The lowest BCUT2D eigenvalue weighted by atomic mass is 10.2. The van der Waals surface area contributed by atoms with Crippen molar-refractivity contribution in [3.63, 3.8) is 0 Å². The number of hydrogen-bond acceptors (Lipinski definition) is 4. The first-order chi connectivity index (χ1) is 12.8. The highest BCUT2D eigenvalue weighted by Gasteiger charge is 2.20. The first-order valence-electron chi connectivity index (χ1n) is 7.93. The lowest BCUT2D eigenvalue weighted by Crippen LogP contribution is -2.23. The van der Waals surface area contributed by atoms with Crippen LogP contribution in [0.4, 0.5) is 14.5 Å². The van der Waals surface area contributed by atoms with Crippen LogP contribution in [0.3, 0.4) is 0 Å². The van der Waals surface area contributed by atoms with Gasteiger partial charge in [0.25, 0.3) is 0 Å². The topological polar surface area (TPSA) is 59.8 Å². The lowest BCUT2D eigenvalue weighted by Gasteiger charge is -2.12. The summed E-state index contributed by atoms with van der Waals surface area (Å²) in [6.45, 7) is 1.68. The molecule has 2 aromatic carbocycles. The van der Waals surface area contributed by atoms with Crippen molar-refractivity contribution >= 4 is 35.0 Å². The standard InChI is InChI=1S/C18H15ClF2N4OS/c1-10(17(26)22-15-8-5-12(19)9-14(15)21)27-18-24-23-16(25(18)2)11-3-6-13(20)7-4-11/h3-10H,1-2H3,(H,22,26)/t10-/m0/s1. The zero-order chi connectivity index (χ0) is 19.6. The molecule has 0 fully saturated rings. The quantitative estimate of drug-likeness (QED) is 0.630. The number of hydrogen-bond donors (Lipinski definition) is 1. The van der Waals surface area contributed by atoms with Crippen LogP contribution in [0.1, 0.15) is 6.92 Å². The van der Waals surface area contributed by atoms with Crippen molar-refractivity contribution in [2.75, 3.05) is 5.32 Å². The minimum atomic E-state index is -0.606. The van der Waals surface area contributed by atoms with Crippen molar-refractivity contribution in [2.24, 2.45) is 7.05 Å². The van der Waals surface area contributed by atoms with Crippen molar-refractivity contribution in [2.45, 2.75) is 17.3 Å². The van der Waals surface area contributed by atoms with Crippen LogP contribution < -0.4 is 5.32 Å². The highest BCUT2D eigenvalue weighted by molar-refractivity contribution is 8.00. The van der Waals surface area contributed by atoms with Gasteiger partial charge in [0, 0.05) is 17.6 Å². The van der Waals surface area contributed by atoms with Crippen molar-refractivity contribution in [1.82, 2.24) is 14.8 Å². The fraction of sp³-hybridized carbons (Fsp3) is 0.167. The number of carbonyl (C=O) groups is 1. The van der Waals surface area contributed by atoms with Crippen LogP contribution in [0.5, 0.6) is 0 Å². The third-order valence-corrected chi connectivity index (χ3v) is 5.15. The molecule has 0 saturated heterocycles. The molecule has 1 atom stereocenters. The molecular formula is C18H15ClF2N4OS. The molecule has 3 aromatic rings. The van der Waals surface area contributed by atoms with E-state index in [0.29, 0.717) is 16.5 Å². The van der Waals surface area contributed by atoms with Gasteiger partial charge in [-0.05, 0) is 49.4 Å². The summed E-state index contributed by atoms with van der Waals surface area (Å²) in [5.41, 5.74) is 0.764. The summed E-state index contributed by atoms with van der Waals surface area (Å²) in [5, 5.41) is 10.9. The molecule has 0 saturated carbocycles. The molecule has 0 bridgehead atoms. The van der Waals surface area contributed by atoms with Crippen molar-refractivity contribution in [1.29, 1.82) is 0 Å². The molecular weight excluding hydrogens is 394 g/mol. The predicted octanol–water partition coefficient (Wildman–Crippen LogP) is 4.53. The van der Waals surface area contributed by atoms with Crippen molar-refractivity contribution < 1.29 is 13.6 Å². The van der Waals surface area contributed by atoms with Crippen molar-refractivity contribution in [3.05, 3.63) is 59.1 Å². The monoisotopic (exact) mass is 408 g/mol. The van der Waals surface area contributed by atoms with E-state index in [4.69, 9.17) is 11.6 Å². The summed E-state index contributed by atoms with van der Waals surface area (Å²) in [5.74, 6) is -0.776. The average molecular weight is 409 g/mol. The molecule has 140 valence electrons. The van der Waals surface area contributed by atoms with E-state index < -0.39 is 11.1 Å². The number of thioether (sulfide) groups is 1. The maximum Gasteiger partial charge on any atom is 0.237 e. The Labute approximate surface area is 163 Å². The van der Waals surface area contributed by atoms with E-state index in [9.17, 15) is 13.6 Å². The van der Waals surface area contributed by atoms with Crippen molar-refractivity contribution in [3.8, 4) is 11.4 Å². The first kappa shape index (κ1) is 19.3. The summed E-state index contributed by atoms with van der Waals surface area (Å²) >= 11 is 6.89. The molecule has 5 nitrogen and oxygen atoms in total. The number of nitrogens with zero attached hydrogens (tertiary/aromatic N) is 3. The van der Waals surface area contributed by atoms with E-state index in [2.05, 4.69) is 15.5 Å². The van der Waals surface area contributed by atoms with Gasteiger partial charge in [-0.2, -0.15) is 0 Å². The van der Waals surface area contributed by atoms with Gasteiger partial charge in [-0.15, -0.1) is 10.2 Å². The van der Waals surface area contributed by atoms with E-state index in [1.54, 1.807) is 30.7 Å². The minimum absolute atomic E-state index is 0.0572. The average Bonchev–Trinajstić information content (AvgIpc) is 2.98. The Morgan fingerprint density at radius 1 is 1.19 bits per heavy atom. The molecule has 1 amide bonds. The van der Waals surface area contributed by atoms with Gasteiger partial charge in [0.05, 0.1) is 10.9 Å². The molecule has 3 rings (SSSR count). The third kappa shape index (κ3) is 4.45. The van der Waals surface area contributed by atoms with E-state index in [-0.39, 0.29) is 22.4 Å². The van der Waals surface area contributed by atoms with E-state index in [1.807, 2.05) is 0 Å². The molecule has 9 heteroatoms. The van der Waals surface area contributed by atoms with Crippen LogP contribution in [0.15, 0.2) is 47.6 Å². The molecule has 0 unspecified atom stereocenters. The van der Waals surface area contributed by atoms with Gasteiger partial charge in [-0.3, -0.25) is 4.79 Å². The van der Waals surface area contributed by atoms with Crippen LogP contribution in [0.25, 0.3) is 11.4 Å². The lowest BCUT2D eigenvalue weighted by molar-refractivity contribution is -0.115. The van der Waals surface area contributed by atoms with E-state index in [1.165, 1.54) is 36.0 Å². The second-order valence-electron chi connectivity index (χ2n) is 5.75. The maximum absolute atomic E-state index is 13.8. The molecule has 0 aliphatic rings. The predicted molar refractivity (Wildman–Crippen MR) is 102 cm³/mol. The largest absolute Gasteiger partial charge is 0.323 e. The van der Waals surface area contributed by atoms with Gasteiger partial charge in [-0.25, -0.2) is 8.78 Å². The molecule has 0 aliphatic heterocycles. The molecule has 0 spiro atoms. The number of nitrogens with one attached hydrogen (secondary N) is 1. The smallest absolute Gasteiger partial charge is 0.237 e. The Morgan fingerprint density at radius 3 is 2.56 bits per heavy atom. The number of carbonyl (C=O) groups excluding carboxylic acids is 1. The number of rotatable bonds is 5. The van der Waals surface area contributed by atoms with Gasteiger partial charge in [0.2, 0.25) is 5.91 Å². The first-order valence-corrected chi connectivity index (χ1v) is 9.19. The summed E-state index contributed by atoms with van der Waals surface area (Å²) in [6.07, 6.45) is 0. The van der Waals surface area contributed by atoms with Crippen LogP contribution in [-0.4, -0.2) is 25.9 Å². The number of aromatic nitrogens is 3. The minimum Gasteiger partial charge on any atom is -0.323 e. The number of benzene rings is 2. The zero-order valence-corrected chi connectivity index (χ0v) is 16.0. The Balaban J connectivity index is 1.71. The fourth-order valence-corrected chi connectivity index (χ4v) is 3.28.